The van der Waals surface area contributed by atoms with Crippen LogP contribution in [-0.2, 0) is 9.84 Å². The summed E-state index contributed by atoms with van der Waals surface area (Å²) in [6.45, 7) is 1.58. The maximum Gasteiger partial charge on any atom is 0.151 e. The molecular weight excluding hydrogens is 274 g/mol. The molecule has 0 aromatic heterocycles. The second-order valence-corrected chi connectivity index (χ2v) is 7.96. The normalized spacial score (nSPS) is 28.4. The molecule has 1 saturated heterocycles. The summed E-state index contributed by atoms with van der Waals surface area (Å²) >= 11 is 0. The van der Waals surface area contributed by atoms with Gasteiger partial charge in [-0.1, -0.05) is 18.2 Å². The van der Waals surface area contributed by atoms with Crippen LogP contribution in [0.3, 0.4) is 0 Å². The van der Waals surface area contributed by atoms with E-state index in [1.165, 1.54) is 5.56 Å². The number of para-hydroxylation sites is 1. The molecule has 0 spiro atoms. The lowest BCUT2D eigenvalue weighted by Gasteiger charge is -2.29. The quantitative estimate of drug-likeness (QED) is 0.922. The van der Waals surface area contributed by atoms with Gasteiger partial charge in [0, 0.05) is 18.5 Å². The number of fused-ring (bicyclic) bond motifs is 1. The Bertz CT molecular complexity index is 570. The zero-order chi connectivity index (χ0) is 14.0. The molecular formula is C15H21NO3S. The fourth-order valence-corrected chi connectivity index (χ4v) is 4.79. The molecule has 2 aliphatic heterocycles. The Hall–Kier alpha value is -1.07. The smallest absolute Gasteiger partial charge is 0.151 e. The second kappa shape index (κ2) is 5.74. The number of nitrogens with one attached hydrogen (secondary N) is 1. The van der Waals surface area contributed by atoms with Crippen LogP contribution in [-0.4, -0.2) is 39.1 Å². The highest BCUT2D eigenvalue weighted by Crippen LogP contribution is 2.32. The van der Waals surface area contributed by atoms with Crippen molar-refractivity contribution in [1.82, 2.24) is 5.32 Å². The van der Waals surface area contributed by atoms with E-state index >= 15 is 0 Å². The average Bonchev–Trinajstić information content (AvgIpc) is 2.44. The zero-order valence-electron chi connectivity index (χ0n) is 11.5. The van der Waals surface area contributed by atoms with Crippen molar-refractivity contribution in [1.29, 1.82) is 0 Å². The van der Waals surface area contributed by atoms with E-state index in [2.05, 4.69) is 11.4 Å². The minimum Gasteiger partial charge on any atom is -0.493 e. The van der Waals surface area contributed by atoms with Gasteiger partial charge in [0.15, 0.2) is 9.84 Å². The number of benzene rings is 1. The summed E-state index contributed by atoms with van der Waals surface area (Å²) in [5, 5.41) is 3.45. The van der Waals surface area contributed by atoms with E-state index in [1.807, 2.05) is 18.2 Å². The molecule has 0 radical (unpaired) electrons. The maximum atomic E-state index is 11.7. The van der Waals surface area contributed by atoms with E-state index in [1.54, 1.807) is 0 Å². The van der Waals surface area contributed by atoms with Crippen LogP contribution >= 0.6 is 0 Å². The molecule has 0 bridgehead atoms. The van der Waals surface area contributed by atoms with Crippen LogP contribution in [0.5, 0.6) is 5.75 Å². The van der Waals surface area contributed by atoms with Crippen LogP contribution in [0.15, 0.2) is 24.3 Å². The fourth-order valence-electron chi connectivity index (χ4n) is 3.12. The molecule has 2 atom stereocenters. The molecule has 0 aliphatic carbocycles. The molecule has 1 aromatic carbocycles. The number of hydrogen-bond acceptors (Lipinski definition) is 4. The van der Waals surface area contributed by atoms with Gasteiger partial charge in [-0.3, -0.25) is 0 Å². The SMILES string of the molecule is O=S1(=O)CCCC(NCC2CCOc3ccccc32)C1. The average molecular weight is 295 g/mol. The minimum atomic E-state index is -2.83. The Kier molecular flexibility index (Phi) is 3.98. The number of rotatable bonds is 3. The van der Waals surface area contributed by atoms with Gasteiger partial charge < -0.3 is 10.1 Å². The first kappa shape index (κ1) is 13.9. The summed E-state index contributed by atoms with van der Waals surface area (Å²) in [6, 6.07) is 8.25. The van der Waals surface area contributed by atoms with Crippen molar-refractivity contribution >= 4 is 9.84 Å². The first-order valence-electron chi connectivity index (χ1n) is 7.29. The molecule has 3 rings (SSSR count). The second-order valence-electron chi connectivity index (χ2n) is 5.73. The summed E-state index contributed by atoms with van der Waals surface area (Å²) in [5.74, 6) is 2.04. The molecule has 0 saturated carbocycles. The van der Waals surface area contributed by atoms with Crippen LogP contribution in [0, 0.1) is 0 Å². The van der Waals surface area contributed by atoms with Crippen LogP contribution in [0.4, 0.5) is 0 Å². The van der Waals surface area contributed by atoms with E-state index in [4.69, 9.17) is 4.74 Å². The Labute approximate surface area is 120 Å². The summed E-state index contributed by atoms with van der Waals surface area (Å²) in [6.07, 6.45) is 2.73. The van der Waals surface area contributed by atoms with Gasteiger partial charge in [0.05, 0.1) is 18.1 Å². The van der Waals surface area contributed by atoms with Crippen LogP contribution in [0.25, 0.3) is 0 Å². The van der Waals surface area contributed by atoms with Gasteiger partial charge in [0.2, 0.25) is 0 Å². The third kappa shape index (κ3) is 3.15. The molecule has 20 heavy (non-hydrogen) atoms. The zero-order valence-corrected chi connectivity index (χ0v) is 12.4. The predicted octanol–water partition coefficient (Wildman–Crippen LogP) is 1.72. The number of ether oxygens (including phenoxy) is 1. The Morgan fingerprint density at radius 1 is 1.25 bits per heavy atom. The highest BCUT2D eigenvalue weighted by molar-refractivity contribution is 7.91. The van der Waals surface area contributed by atoms with Gasteiger partial charge >= 0.3 is 0 Å². The Morgan fingerprint density at radius 2 is 2.10 bits per heavy atom. The minimum absolute atomic E-state index is 0.115. The van der Waals surface area contributed by atoms with E-state index in [9.17, 15) is 8.42 Å². The first-order valence-corrected chi connectivity index (χ1v) is 9.12. The van der Waals surface area contributed by atoms with Gasteiger partial charge in [0.1, 0.15) is 5.75 Å². The molecule has 110 valence electrons. The van der Waals surface area contributed by atoms with E-state index in [-0.39, 0.29) is 11.8 Å². The summed E-state index contributed by atoms with van der Waals surface area (Å²) < 4.78 is 29.0. The molecule has 2 unspecified atom stereocenters. The highest BCUT2D eigenvalue weighted by atomic mass is 32.2. The maximum absolute atomic E-state index is 11.7. The Morgan fingerprint density at radius 3 is 2.95 bits per heavy atom. The standard InChI is InChI=1S/C15H21NO3S/c17-20(18)9-3-4-13(11-20)16-10-12-7-8-19-15-6-2-1-5-14(12)15/h1-2,5-6,12-13,16H,3-4,7-11H2. The molecule has 4 nitrogen and oxygen atoms in total. The Balaban J connectivity index is 1.62. The van der Waals surface area contributed by atoms with Crippen molar-refractivity contribution in [2.45, 2.75) is 31.2 Å². The number of hydrogen-bond donors (Lipinski definition) is 1. The van der Waals surface area contributed by atoms with E-state index in [0.29, 0.717) is 11.7 Å². The van der Waals surface area contributed by atoms with Crippen LogP contribution in [0.1, 0.15) is 30.7 Å². The number of sulfone groups is 1. The third-order valence-electron chi connectivity index (χ3n) is 4.20. The molecule has 2 heterocycles. The largest absolute Gasteiger partial charge is 0.493 e. The van der Waals surface area contributed by atoms with Gasteiger partial charge in [0.25, 0.3) is 0 Å². The summed E-state index contributed by atoms with van der Waals surface area (Å²) in [5.41, 5.74) is 1.24. The molecule has 2 aliphatic rings. The third-order valence-corrected chi connectivity index (χ3v) is 6.02. The topological polar surface area (TPSA) is 55.4 Å². The van der Waals surface area contributed by atoms with Gasteiger partial charge in [-0.05, 0) is 30.9 Å². The lowest BCUT2D eigenvalue weighted by Crippen LogP contribution is -2.42. The highest BCUT2D eigenvalue weighted by Gasteiger charge is 2.26. The van der Waals surface area contributed by atoms with Crippen molar-refractivity contribution in [3.63, 3.8) is 0 Å². The first-order chi connectivity index (χ1) is 9.64. The van der Waals surface area contributed by atoms with Crippen molar-refractivity contribution in [3.8, 4) is 5.75 Å². The molecule has 0 amide bonds. The lowest BCUT2D eigenvalue weighted by atomic mass is 9.93. The predicted molar refractivity (Wildman–Crippen MR) is 79.0 cm³/mol. The van der Waals surface area contributed by atoms with Crippen molar-refractivity contribution in [2.24, 2.45) is 0 Å². The van der Waals surface area contributed by atoms with Gasteiger partial charge in [-0.25, -0.2) is 8.42 Å². The summed E-state index contributed by atoms with van der Waals surface area (Å²) in [7, 11) is -2.83. The van der Waals surface area contributed by atoms with Crippen molar-refractivity contribution in [2.75, 3.05) is 24.7 Å². The van der Waals surface area contributed by atoms with Gasteiger partial charge in [-0.2, -0.15) is 0 Å². The van der Waals surface area contributed by atoms with Crippen LogP contribution in [0.2, 0.25) is 0 Å². The van der Waals surface area contributed by atoms with Crippen LogP contribution < -0.4 is 10.1 Å². The van der Waals surface area contributed by atoms with Crippen molar-refractivity contribution < 1.29 is 13.2 Å². The molecule has 1 aromatic rings. The summed E-state index contributed by atoms with van der Waals surface area (Å²) in [4.78, 5) is 0. The molecule has 1 N–H and O–H groups in total. The monoisotopic (exact) mass is 295 g/mol. The van der Waals surface area contributed by atoms with E-state index in [0.717, 1.165) is 38.2 Å². The molecule has 1 fully saturated rings. The van der Waals surface area contributed by atoms with Crippen molar-refractivity contribution in [3.05, 3.63) is 29.8 Å². The van der Waals surface area contributed by atoms with E-state index < -0.39 is 9.84 Å². The molecule has 5 heteroatoms. The van der Waals surface area contributed by atoms with Gasteiger partial charge in [-0.15, -0.1) is 0 Å². The fraction of sp³-hybridized carbons (Fsp3) is 0.600. The lowest BCUT2D eigenvalue weighted by molar-refractivity contribution is 0.262.